The van der Waals surface area contributed by atoms with E-state index in [0.29, 0.717) is 40.2 Å². The first-order chi connectivity index (χ1) is 22.5. The largest absolute Gasteiger partial charge is 0.471 e. The van der Waals surface area contributed by atoms with Gasteiger partial charge in [-0.1, -0.05) is 0 Å². The molecule has 2 aliphatic rings. The maximum absolute atomic E-state index is 14.1. The van der Waals surface area contributed by atoms with Crippen molar-refractivity contribution in [2.45, 2.75) is 31.5 Å². The molecule has 0 bridgehead atoms. The van der Waals surface area contributed by atoms with E-state index in [9.17, 15) is 31.5 Å². The fourth-order valence-electron chi connectivity index (χ4n) is 5.99. The van der Waals surface area contributed by atoms with Gasteiger partial charge in [-0.05, 0) is 73.8 Å². The highest BCUT2D eigenvalue weighted by atomic mass is 19.4. The molecule has 2 N–H and O–H groups in total. The lowest BCUT2D eigenvalue weighted by Gasteiger charge is -2.37. The van der Waals surface area contributed by atoms with Crippen LogP contribution in [0.2, 0.25) is 0 Å². The average molecular weight is 658 g/mol. The monoisotopic (exact) mass is 657 g/mol. The Labute approximate surface area is 266 Å². The first-order valence-corrected chi connectivity index (χ1v) is 15.1. The smallest absolute Gasteiger partial charge is 0.381 e. The predicted octanol–water partition coefficient (Wildman–Crippen LogP) is 4.91. The Morgan fingerprint density at radius 2 is 1.70 bits per heavy atom. The Bertz CT molecular complexity index is 1760. The number of nitrogens with zero attached hydrogens (tertiary/aromatic N) is 5. The number of aromatic nitrogens is 3. The number of hydrogen-bond donors (Lipinski definition) is 2. The number of carbonyl (C=O) groups is 2. The third kappa shape index (κ3) is 7.20. The molecular weight excluding hydrogens is 625 g/mol. The number of rotatable bonds is 7. The van der Waals surface area contributed by atoms with E-state index in [0.717, 1.165) is 19.2 Å². The molecule has 0 spiro atoms. The number of fused-ring (bicyclic) bond motifs is 1. The zero-order valence-corrected chi connectivity index (χ0v) is 25.4. The molecule has 2 amide bonds. The summed E-state index contributed by atoms with van der Waals surface area (Å²) in [5.74, 6) is -4.18. The summed E-state index contributed by atoms with van der Waals surface area (Å²) in [5, 5.41) is 9.86. The Balaban J connectivity index is 1.36. The standard InChI is InChI=1S/C32H32F5N7O3/c1-42-6-8-43(9-7-42)24-2-3-25(27(17-24)44(31(46)32(35,36)37)23-4-10-47-11-5-23)30(45)39-29-26-15-20(18-38-28(26)40-41-29)12-19-13-21(33)16-22(34)14-19/h2-3,13-18,23H,4-12H2,1H3,(H2,38,39,40,41,45). The molecule has 4 aromatic rings. The molecular formula is C32H32F5N7O3. The first-order valence-electron chi connectivity index (χ1n) is 15.1. The van der Waals surface area contributed by atoms with Gasteiger partial charge < -0.3 is 24.8 Å². The summed E-state index contributed by atoms with van der Waals surface area (Å²) >= 11 is 0. The number of amides is 2. The summed E-state index contributed by atoms with van der Waals surface area (Å²) in [7, 11) is 1.98. The number of carbonyl (C=O) groups excluding carboxylic acids is 2. The maximum Gasteiger partial charge on any atom is 0.471 e. The number of hydrogen-bond acceptors (Lipinski definition) is 7. The lowest BCUT2D eigenvalue weighted by atomic mass is 10.0. The number of aromatic amines is 1. The van der Waals surface area contributed by atoms with Gasteiger partial charge in [-0.2, -0.15) is 18.3 Å². The van der Waals surface area contributed by atoms with Gasteiger partial charge in [0.25, 0.3) is 5.91 Å². The second-order valence-corrected chi connectivity index (χ2v) is 11.7. The van der Waals surface area contributed by atoms with Gasteiger partial charge in [0.2, 0.25) is 0 Å². The summed E-state index contributed by atoms with van der Waals surface area (Å²) in [5.41, 5.74) is 1.45. The van der Waals surface area contributed by atoms with Crippen LogP contribution in [0.5, 0.6) is 0 Å². The molecule has 2 aliphatic heterocycles. The van der Waals surface area contributed by atoms with Crippen molar-refractivity contribution in [2.24, 2.45) is 0 Å². The van der Waals surface area contributed by atoms with Crippen LogP contribution in [-0.2, 0) is 16.0 Å². The van der Waals surface area contributed by atoms with Crippen LogP contribution in [0, 0.1) is 11.6 Å². The van der Waals surface area contributed by atoms with E-state index >= 15 is 0 Å². The summed E-state index contributed by atoms with van der Waals surface area (Å²) < 4.78 is 75.1. The zero-order valence-electron chi connectivity index (χ0n) is 25.4. The highest BCUT2D eigenvalue weighted by molar-refractivity contribution is 6.13. The van der Waals surface area contributed by atoms with Gasteiger partial charge >= 0.3 is 12.1 Å². The third-order valence-corrected chi connectivity index (χ3v) is 8.41. The van der Waals surface area contributed by atoms with Gasteiger partial charge in [0, 0.05) is 63.4 Å². The van der Waals surface area contributed by atoms with Crippen molar-refractivity contribution in [2.75, 3.05) is 61.6 Å². The van der Waals surface area contributed by atoms with Crippen molar-refractivity contribution in [3.63, 3.8) is 0 Å². The van der Waals surface area contributed by atoms with E-state index in [4.69, 9.17) is 4.74 Å². The molecule has 2 fully saturated rings. The molecule has 248 valence electrons. The van der Waals surface area contributed by atoms with E-state index in [2.05, 4.69) is 25.4 Å². The number of likely N-dealkylation sites (N-methyl/N-ethyl adjacent to an activating group) is 1. The second-order valence-electron chi connectivity index (χ2n) is 11.7. The molecule has 4 heterocycles. The van der Waals surface area contributed by atoms with Crippen molar-refractivity contribution in [1.82, 2.24) is 20.1 Å². The number of nitrogens with one attached hydrogen (secondary N) is 2. The van der Waals surface area contributed by atoms with Crippen LogP contribution in [0.4, 0.5) is 39.1 Å². The topological polar surface area (TPSA) is 107 Å². The second kappa shape index (κ2) is 13.2. The minimum atomic E-state index is -5.19. The molecule has 10 nitrogen and oxygen atoms in total. The Morgan fingerprint density at radius 1 is 1.00 bits per heavy atom. The first kappa shape index (κ1) is 32.3. The molecule has 6 rings (SSSR count). The number of H-pyrrole nitrogens is 1. The van der Waals surface area contributed by atoms with Crippen LogP contribution in [0.15, 0.2) is 48.7 Å². The Hall–Kier alpha value is -4.63. The SMILES string of the molecule is CN1CCN(c2ccc(C(=O)Nc3[nH]nc4ncc(Cc5cc(F)cc(F)c5)cc34)c(N(C(=O)C(F)(F)F)C3CCOCC3)c2)CC1. The number of piperazine rings is 1. The Kier molecular flexibility index (Phi) is 9.10. The van der Waals surface area contributed by atoms with Crippen molar-refractivity contribution in [3.8, 4) is 0 Å². The summed E-state index contributed by atoms with van der Waals surface area (Å²) in [6.07, 6.45) is -3.25. The van der Waals surface area contributed by atoms with Crippen molar-refractivity contribution < 1.29 is 36.3 Å². The van der Waals surface area contributed by atoms with E-state index < -0.39 is 35.7 Å². The van der Waals surface area contributed by atoms with Gasteiger partial charge in [-0.3, -0.25) is 14.7 Å². The molecule has 0 unspecified atom stereocenters. The molecule has 2 aromatic carbocycles. The van der Waals surface area contributed by atoms with E-state index in [1.807, 2.05) is 11.9 Å². The average Bonchev–Trinajstić information content (AvgIpc) is 3.42. The molecule has 0 saturated carbocycles. The van der Waals surface area contributed by atoms with Gasteiger partial charge in [0.05, 0.1) is 16.6 Å². The summed E-state index contributed by atoms with van der Waals surface area (Å²) in [4.78, 5) is 36.0. The van der Waals surface area contributed by atoms with E-state index in [1.165, 1.54) is 30.5 Å². The minimum absolute atomic E-state index is 0.110. The summed E-state index contributed by atoms with van der Waals surface area (Å²) in [6, 6.07) is 8.52. The lowest BCUT2D eigenvalue weighted by molar-refractivity contribution is -0.171. The fraction of sp³-hybridized carbons (Fsp3) is 0.375. The van der Waals surface area contributed by atoms with E-state index in [-0.39, 0.29) is 55.2 Å². The molecule has 2 saturated heterocycles. The number of anilines is 3. The number of alkyl halides is 3. The van der Waals surface area contributed by atoms with Crippen LogP contribution in [0.25, 0.3) is 11.0 Å². The number of halogens is 5. The van der Waals surface area contributed by atoms with Gasteiger partial charge in [0.15, 0.2) is 5.65 Å². The van der Waals surface area contributed by atoms with Crippen LogP contribution in [0.1, 0.15) is 34.3 Å². The predicted molar refractivity (Wildman–Crippen MR) is 165 cm³/mol. The summed E-state index contributed by atoms with van der Waals surface area (Å²) in [6.45, 7) is 3.04. The van der Waals surface area contributed by atoms with Gasteiger partial charge in [0.1, 0.15) is 17.5 Å². The van der Waals surface area contributed by atoms with Gasteiger partial charge in [-0.25, -0.2) is 13.8 Å². The number of ether oxygens (including phenoxy) is 1. The molecule has 0 radical (unpaired) electrons. The quantitative estimate of drug-likeness (QED) is 0.272. The third-order valence-electron chi connectivity index (χ3n) is 8.41. The highest BCUT2D eigenvalue weighted by Crippen LogP contribution is 2.35. The molecule has 15 heteroatoms. The van der Waals surface area contributed by atoms with Crippen LogP contribution < -0.4 is 15.1 Å². The van der Waals surface area contributed by atoms with Crippen molar-refractivity contribution in [3.05, 3.63) is 77.0 Å². The van der Waals surface area contributed by atoms with Gasteiger partial charge in [-0.15, -0.1) is 0 Å². The van der Waals surface area contributed by atoms with Crippen LogP contribution >= 0.6 is 0 Å². The number of pyridine rings is 1. The van der Waals surface area contributed by atoms with E-state index in [1.54, 1.807) is 12.1 Å². The normalized spacial score (nSPS) is 16.4. The van der Waals surface area contributed by atoms with Crippen LogP contribution in [0.3, 0.4) is 0 Å². The highest BCUT2D eigenvalue weighted by Gasteiger charge is 2.46. The minimum Gasteiger partial charge on any atom is -0.381 e. The molecule has 47 heavy (non-hydrogen) atoms. The molecule has 0 atom stereocenters. The maximum atomic E-state index is 14.1. The van der Waals surface area contributed by atoms with Crippen LogP contribution in [-0.4, -0.2) is 90.6 Å². The lowest BCUT2D eigenvalue weighted by Crippen LogP contribution is -2.50. The Morgan fingerprint density at radius 3 is 2.38 bits per heavy atom. The molecule has 0 aliphatic carbocycles. The number of benzene rings is 2. The van der Waals surface area contributed by atoms with Crippen molar-refractivity contribution in [1.29, 1.82) is 0 Å². The fourth-order valence-corrected chi connectivity index (χ4v) is 5.99. The molecule has 2 aromatic heterocycles. The zero-order chi connectivity index (χ0) is 33.3. The van der Waals surface area contributed by atoms with Crippen molar-refractivity contribution >= 4 is 40.0 Å².